The molecule has 0 aliphatic carbocycles. The first-order valence-corrected chi connectivity index (χ1v) is 11.8. The minimum atomic E-state index is -0.552. The second-order valence-electron chi connectivity index (χ2n) is 8.92. The molecule has 1 N–H and O–H groups in total. The third kappa shape index (κ3) is 5.24. The van der Waals surface area contributed by atoms with E-state index in [2.05, 4.69) is 12.2 Å². The number of hydrazine groups is 1. The highest BCUT2D eigenvalue weighted by atomic mass is 16.5. The van der Waals surface area contributed by atoms with Crippen LogP contribution in [0.25, 0.3) is 0 Å². The van der Waals surface area contributed by atoms with Gasteiger partial charge in [-0.2, -0.15) is 0 Å². The molecule has 9 nitrogen and oxygen atoms in total. The van der Waals surface area contributed by atoms with E-state index in [0.717, 1.165) is 30.6 Å². The van der Waals surface area contributed by atoms with E-state index in [1.54, 1.807) is 29.1 Å². The SMILES string of the molecule is CCCCN1C[C@H]2N(C(=O)CN(C)N2C(=O)NCc2ccc(OC)cc2)[C@@H](C(C)CC)C1=O. The fourth-order valence-corrected chi connectivity index (χ4v) is 4.55. The van der Waals surface area contributed by atoms with Gasteiger partial charge in [-0.05, 0) is 30.0 Å². The molecular formula is C24H37N5O4. The lowest BCUT2D eigenvalue weighted by Gasteiger charge is -2.55. The lowest BCUT2D eigenvalue weighted by atomic mass is 9.92. The molecule has 33 heavy (non-hydrogen) atoms. The number of hydrogen-bond acceptors (Lipinski definition) is 5. The van der Waals surface area contributed by atoms with Crippen LogP contribution >= 0.6 is 0 Å². The lowest BCUT2D eigenvalue weighted by molar-refractivity contribution is -0.190. The average molecular weight is 460 g/mol. The smallest absolute Gasteiger partial charge is 0.334 e. The molecule has 1 unspecified atom stereocenters. The van der Waals surface area contributed by atoms with Gasteiger partial charge >= 0.3 is 6.03 Å². The van der Waals surface area contributed by atoms with Crippen molar-refractivity contribution in [3.05, 3.63) is 29.8 Å². The van der Waals surface area contributed by atoms with E-state index in [0.29, 0.717) is 19.6 Å². The molecule has 0 saturated carbocycles. The number of urea groups is 1. The quantitative estimate of drug-likeness (QED) is 0.645. The van der Waals surface area contributed by atoms with Gasteiger partial charge in [0.2, 0.25) is 11.8 Å². The van der Waals surface area contributed by atoms with Gasteiger partial charge in [-0.3, -0.25) is 9.59 Å². The fourth-order valence-electron chi connectivity index (χ4n) is 4.55. The van der Waals surface area contributed by atoms with Crippen LogP contribution in [0.2, 0.25) is 0 Å². The standard InChI is InChI=1S/C24H37N5O4/c1-6-8-13-27-15-20-28(22(23(27)31)17(3)7-2)21(30)16-26(4)29(20)24(32)25-14-18-9-11-19(33-5)12-10-18/h9-12,17,20,22H,6-8,13-16H2,1-5H3,(H,25,32)/t17?,20-,22-/m0/s1. The van der Waals surface area contributed by atoms with Crippen molar-refractivity contribution in [1.29, 1.82) is 0 Å². The summed E-state index contributed by atoms with van der Waals surface area (Å²) in [6.45, 7) is 7.47. The van der Waals surface area contributed by atoms with Crippen molar-refractivity contribution in [2.45, 2.75) is 58.8 Å². The number of benzene rings is 1. The topological polar surface area (TPSA) is 85.4 Å². The number of amides is 4. The fraction of sp³-hybridized carbons (Fsp3) is 0.625. The van der Waals surface area contributed by atoms with Crippen molar-refractivity contribution in [3.8, 4) is 5.75 Å². The first-order chi connectivity index (χ1) is 15.8. The maximum Gasteiger partial charge on any atom is 0.334 e. The summed E-state index contributed by atoms with van der Waals surface area (Å²) in [5.41, 5.74) is 0.942. The molecule has 0 bridgehead atoms. The van der Waals surface area contributed by atoms with E-state index < -0.39 is 12.2 Å². The molecule has 3 rings (SSSR count). The Morgan fingerprint density at radius 2 is 1.91 bits per heavy atom. The van der Waals surface area contributed by atoms with Crippen LogP contribution in [0.3, 0.4) is 0 Å². The maximum absolute atomic E-state index is 13.3. The number of carbonyl (C=O) groups excluding carboxylic acids is 3. The van der Waals surface area contributed by atoms with Crippen molar-refractivity contribution in [2.24, 2.45) is 5.92 Å². The summed E-state index contributed by atoms with van der Waals surface area (Å²) in [6, 6.07) is 6.67. The molecule has 0 radical (unpaired) electrons. The zero-order valence-electron chi connectivity index (χ0n) is 20.4. The molecule has 1 aromatic rings. The summed E-state index contributed by atoms with van der Waals surface area (Å²) < 4.78 is 5.19. The van der Waals surface area contributed by atoms with Crippen LogP contribution in [0, 0.1) is 5.92 Å². The molecule has 3 atom stereocenters. The molecule has 2 aliphatic heterocycles. The molecule has 1 aromatic carbocycles. The minimum Gasteiger partial charge on any atom is -0.497 e. The van der Waals surface area contributed by atoms with E-state index in [1.807, 2.05) is 43.0 Å². The zero-order valence-corrected chi connectivity index (χ0v) is 20.4. The van der Waals surface area contributed by atoms with Crippen LogP contribution in [0.5, 0.6) is 5.75 Å². The Balaban J connectivity index is 1.83. The number of fused-ring (bicyclic) bond motifs is 1. The highest BCUT2D eigenvalue weighted by Crippen LogP contribution is 2.30. The Morgan fingerprint density at radius 3 is 2.52 bits per heavy atom. The zero-order chi connectivity index (χ0) is 24.1. The molecule has 182 valence electrons. The molecule has 4 amide bonds. The number of nitrogens with zero attached hydrogens (tertiary/aromatic N) is 4. The molecule has 2 aliphatic rings. The predicted octanol–water partition coefficient (Wildman–Crippen LogP) is 2.28. The average Bonchev–Trinajstić information content (AvgIpc) is 2.81. The number of ether oxygens (including phenoxy) is 1. The van der Waals surface area contributed by atoms with Crippen molar-refractivity contribution >= 4 is 17.8 Å². The van der Waals surface area contributed by atoms with Crippen molar-refractivity contribution in [1.82, 2.24) is 25.1 Å². The van der Waals surface area contributed by atoms with Gasteiger partial charge in [0.15, 0.2) is 0 Å². The van der Waals surface area contributed by atoms with Crippen LogP contribution in [-0.4, -0.2) is 83.7 Å². The highest BCUT2D eigenvalue weighted by Gasteiger charge is 2.51. The van der Waals surface area contributed by atoms with E-state index in [1.165, 1.54) is 0 Å². The Kier molecular flexibility index (Phi) is 8.18. The molecule has 9 heteroatoms. The van der Waals surface area contributed by atoms with Crippen molar-refractivity contribution in [2.75, 3.05) is 33.8 Å². The second-order valence-corrected chi connectivity index (χ2v) is 8.92. The number of rotatable bonds is 8. The number of methoxy groups -OCH3 is 1. The monoisotopic (exact) mass is 459 g/mol. The molecular weight excluding hydrogens is 422 g/mol. The van der Waals surface area contributed by atoms with Gasteiger partial charge in [0.1, 0.15) is 18.0 Å². The summed E-state index contributed by atoms with van der Waals surface area (Å²) in [5, 5.41) is 6.24. The Morgan fingerprint density at radius 1 is 1.21 bits per heavy atom. The van der Waals surface area contributed by atoms with Crippen LogP contribution < -0.4 is 10.1 Å². The number of carbonyl (C=O) groups is 3. The summed E-state index contributed by atoms with van der Waals surface area (Å²) in [5.74, 6) is 0.632. The van der Waals surface area contributed by atoms with Gasteiger partial charge in [-0.25, -0.2) is 14.8 Å². The number of nitrogens with one attached hydrogen (secondary N) is 1. The summed E-state index contributed by atoms with van der Waals surface area (Å²) in [6.07, 6.45) is 2.10. The molecule has 2 fully saturated rings. The van der Waals surface area contributed by atoms with Crippen molar-refractivity contribution in [3.63, 3.8) is 0 Å². The maximum atomic E-state index is 13.3. The van der Waals surface area contributed by atoms with Crippen LogP contribution in [0.15, 0.2) is 24.3 Å². The normalized spacial score (nSPS) is 22.3. The number of hydrogen-bond donors (Lipinski definition) is 1. The Hall–Kier alpha value is -2.81. The molecule has 2 saturated heterocycles. The Labute approximate surface area is 196 Å². The van der Waals surface area contributed by atoms with E-state index in [4.69, 9.17) is 4.74 Å². The largest absolute Gasteiger partial charge is 0.497 e. The predicted molar refractivity (Wildman–Crippen MR) is 125 cm³/mol. The molecule has 2 heterocycles. The molecule has 0 aromatic heterocycles. The van der Waals surface area contributed by atoms with Gasteiger partial charge < -0.3 is 19.9 Å². The third-order valence-corrected chi connectivity index (χ3v) is 6.65. The highest BCUT2D eigenvalue weighted by molar-refractivity contribution is 5.91. The lowest BCUT2D eigenvalue weighted by Crippen LogP contribution is -2.76. The summed E-state index contributed by atoms with van der Waals surface area (Å²) in [4.78, 5) is 43.2. The number of piperazine rings is 1. The summed E-state index contributed by atoms with van der Waals surface area (Å²) >= 11 is 0. The van der Waals surface area contributed by atoms with Crippen molar-refractivity contribution < 1.29 is 19.1 Å². The minimum absolute atomic E-state index is 0.000919. The van der Waals surface area contributed by atoms with E-state index in [9.17, 15) is 14.4 Å². The van der Waals surface area contributed by atoms with E-state index >= 15 is 0 Å². The van der Waals surface area contributed by atoms with Gasteiger partial charge in [-0.1, -0.05) is 45.7 Å². The van der Waals surface area contributed by atoms with Crippen LogP contribution in [0.4, 0.5) is 4.79 Å². The van der Waals surface area contributed by atoms with Gasteiger partial charge in [0.25, 0.3) is 0 Å². The third-order valence-electron chi connectivity index (χ3n) is 6.65. The van der Waals surface area contributed by atoms with Crippen LogP contribution in [-0.2, 0) is 16.1 Å². The Bertz CT molecular complexity index is 846. The first kappa shape index (κ1) is 24.8. The van der Waals surface area contributed by atoms with Gasteiger partial charge in [-0.15, -0.1) is 0 Å². The second kappa shape index (κ2) is 10.9. The van der Waals surface area contributed by atoms with Gasteiger partial charge in [0, 0.05) is 20.1 Å². The van der Waals surface area contributed by atoms with Gasteiger partial charge in [0.05, 0.1) is 20.2 Å². The molecule has 0 spiro atoms. The first-order valence-electron chi connectivity index (χ1n) is 11.8. The van der Waals surface area contributed by atoms with Crippen LogP contribution in [0.1, 0.15) is 45.6 Å². The number of likely N-dealkylation sites (N-methyl/N-ethyl adjacent to an activating group) is 1. The van der Waals surface area contributed by atoms with E-state index in [-0.39, 0.29) is 30.3 Å². The number of unbranched alkanes of at least 4 members (excludes halogenated alkanes) is 1. The summed E-state index contributed by atoms with van der Waals surface area (Å²) in [7, 11) is 3.36.